The number of nitrogens with zero attached hydrogens (tertiary/aromatic N) is 3. The van der Waals surface area contributed by atoms with Gasteiger partial charge in [0.1, 0.15) is 5.75 Å². The Morgan fingerprint density at radius 3 is 2.35 bits per heavy atom. The van der Waals surface area contributed by atoms with Gasteiger partial charge in [0.2, 0.25) is 11.7 Å². The molecule has 0 aliphatic heterocycles. The van der Waals surface area contributed by atoms with E-state index in [-0.39, 0.29) is 0 Å². The number of benzene rings is 2. The zero-order valence-corrected chi connectivity index (χ0v) is 16.0. The lowest BCUT2D eigenvalue weighted by molar-refractivity contribution is 0.260. The van der Waals surface area contributed by atoms with Crippen LogP contribution < -0.4 is 4.74 Å². The van der Waals surface area contributed by atoms with E-state index >= 15 is 0 Å². The zero-order valence-electron chi connectivity index (χ0n) is 16.0. The minimum absolute atomic E-state index is 0.600. The molecule has 5 heteroatoms. The molecule has 1 aromatic heterocycles. The summed E-state index contributed by atoms with van der Waals surface area (Å²) in [5.74, 6) is 2.21. The Hall–Kier alpha value is -2.66. The van der Waals surface area contributed by atoms with Crippen molar-refractivity contribution in [2.45, 2.75) is 33.9 Å². The number of hydrogen-bond acceptors (Lipinski definition) is 5. The van der Waals surface area contributed by atoms with Crippen LogP contribution in [0.25, 0.3) is 11.4 Å². The SMILES string of the molecule is COc1c(C)cc(CN(C)Cc2nc(-c3ccccc3C)no2)cc1C. The first kappa shape index (κ1) is 18.1. The van der Waals surface area contributed by atoms with Crippen molar-refractivity contribution in [2.24, 2.45) is 0 Å². The van der Waals surface area contributed by atoms with Gasteiger partial charge in [-0.2, -0.15) is 4.98 Å². The third kappa shape index (κ3) is 3.94. The lowest BCUT2D eigenvalue weighted by Gasteiger charge is -2.17. The first-order chi connectivity index (χ1) is 12.5. The monoisotopic (exact) mass is 351 g/mol. The molecule has 5 nitrogen and oxygen atoms in total. The van der Waals surface area contributed by atoms with E-state index in [1.54, 1.807) is 7.11 Å². The molecule has 0 aliphatic rings. The van der Waals surface area contributed by atoms with Crippen LogP contribution in [0.1, 0.15) is 28.1 Å². The fourth-order valence-corrected chi connectivity index (χ4v) is 3.30. The average molecular weight is 351 g/mol. The third-order valence-corrected chi connectivity index (χ3v) is 4.44. The molecule has 0 fully saturated rings. The number of hydrogen-bond donors (Lipinski definition) is 0. The van der Waals surface area contributed by atoms with Crippen LogP contribution in [0.4, 0.5) is 0 Å². The third-order valence-electron chi connectivity index (χ3n) is 4.44. The van der Waals surface area contributed by atoms with Crippen LogP contribution in [0, 0.1) is 20.8 Å². The maximum atomic E-state index is 5.44. The Labute approximate surface area is 154 Å². The van der Waals surface area contributed by atoms with Gasteiger partial charge in [0, 0.05) is 12.1 Å². The molecule has 0 spiro atoms. The molecule has 136 valence electrons. The van der Waals surface area contributed by atoms with E-state index in [9.17, 15) is 0 Å². The Balaban J connectivity index is 1.69. The average Bonchev–Trinajstić information content (AvgIpc) is 3.03. The van der Waals surface area contributed by atoms with Crippen molar-refractivity contribution in [1.82, 2.24) is 15.0 Å². The predicted octanol–water partition coefficient (Wildman–Crippen LogP) is 4.30. The van der Waals surface area contributed by atoms with Gasteiger partial charge in [0.15, 0.2) is 0 Å². The van der Waals surface area contributed by atoms with E-state index in [0.717, 1.165) is 34.5 Å². The summed E-state index contributed by atoms with van der Waals surface area (Å²) in [4.78, 5) is 6.71. The van der Waals surface area contributed by atoms with Crippen LogP contribution in [0.15, 0.2) is 40.9 Å². The fourth-order valence-electron chi connectivity index (χ4n) is 3.30. The van der Waals surface area contributed by atoms with Gasteiger partial charge in [0.05, 0.1) is 13.7 Å². The van der Waals surface area contributed by atoms with Crippen LogP contribution in [0.5, 0.6) is 5.75 Å². The van der Waals surface area contributed by atoms with E-state index in [1.165, 1.54) is 5.56 Å². The minimum Gasteiger partial charge on any atom is -0.496 e. The standard InChI is InChI=1S/C21H25N3O2/c1-14-8-6-7-9-18(14)21-22-19(26-23-21)13-24(4)12-17-10-15(2)20(25-5)16(3)11-17/h6-11H,12-13H2,1-5H3. The van der Waals surface area contributed by atoms with Crippen LogP contribution in [-0.2, 0) is 13.1 Å². The zero-order chi connectivity index (χ0) is 18.7. The normalized spacial score (nSPS) is 11.2. The molecule has 26 heavy (non-hydrogen) atoms. The first-order valence-electron chi connectivity index (χ1n) is 8.69. The molecular formula is C21H25N3O2. The van der Waals surface area contributed by atoms with Gasteiger partial charge in [-0.3, -0.25) is 4.90 Å². The van der Waals surface area contributed by atoms with Crippen LogP contribution in [-0.4, -0.2) is 29.2 Å². The Kier molecular flexibility index (Phi) is 5.38. The Morgan fingerprint density at radius 1 is 1.00 bits per heavy atom. The molecule has 3 aromatic rings. The molecule has 0 amide bonds. The molecule has 1 heterocycles. The van der Waals surface area contributed by atoms with Gasteiger partial charge in [-0.15, -0.1) is 0 Å². The highest BCUT2D eigenvalue weighted by atomic mass is 16.5. The van der Waals surface area contributed by atoms with Crippen molar-refractivity contribution in [3.05, 3.63) is 64.5 Å². The van der Waals surface area contributed by atoms with Gasteiger partial charge in [-0.1, -0.05) is 41.6 Å². The number of rotatable bonds is 6. The highest BCUT2D eigenvalue weighted by Crippen LogP contribution is 2.25. The number of ether oxygens (including phenoxy) is 1. The molecule has 0 saturated heterocycles. The number of methoxy groups -OCH3 is 1. The molecule has 3 rings (SSSR count). The van der Waals surface area contributed by atoms with Crippen molar-refractivity contribution in [2.75, 3.05) is 14.2 Å². The molecule has 2 aromatic carbocycles. The second-order valence-electron chi connectivity index (χ2n) is 6.76. The second kappa shape index (κ2) is 7.70. The van der Waals surface area contributed by atoms with Crippen molar-refractivity contribution in [3.8, 4) is 17.1 Å². The lowest BCUT2D eigenvalue weighted by Crippen LogP contribution is -2.17. The van der Waals surface area contributed by atoms with Crippen LogP contribution in [0.3, 0.4) is 0 Å². The molecule has 0 aliphatic carbocycles. The van der Waals surface area contributed by atoms with E-state index < -0.39 is 0 Å². The van der Waals surface area contributed by atoms with Gasteiger partial charge >= 0.3 is 0 Å². The summed E-state index contributed by atoms with van der Waals surface area (Å²) in [5, 5.41) is 4.13. The molecular weight excluding hydrogens is 326 g/mol. The van der Waals surface area contributed by atoms with Crippen molar-refractivity contribution < 1.29 is 9.26 Å². The van der Waals surface area contributed by atoms with E-state index in [4.69, 9.17) is 9.26 Å². The quantitative estimate of drug-likeness (QED) is 0.663. The smallest absolute Gasteiger partial charge is 0.241 e. The number of aryl methyl sites for hydroxylation is 3. The predicted molar refractivity (Wildman–Crippen MR) is 102 cm³/mol. The number of aromatic nitrogens is 2. The van der Waals surface area contributed by atoms with Crippen LogP contribution >= 0.6 is 0 Å². The second-order valence-corrected chi connectivity index (χ2v) is 6.76. The Bertz CT molecular complexity index is 879. The highest BCUT2D eigenvalue weighted by Gasteiger charge is 2.13. The summed E-state index contributed by atoms with van der Waals surface area (Å²) in [5.41, 5.74) is 5.68. The van der Waals surface area contributed by atoms with E-state index in [0.29, 0.717) is 18.3 Å². The van der Waals surface area contributed by atoms with Gasteiger partial charge in [-0.05, 0) is 50.1 Å². The maximum absolute atomic E-state index is 5.44. The maximum Gasteiger partial charge on any atom is 0.241 e. The Morgan fingerprint density at radius 2 is 1.69 bits per heavy atom. The summed E-state index contributed by atoms with van der Waals surface area (Å²) in [6.07, 6.45) is 0. The minimum atomic E-state index is 0.600. The van der Waals surface area contributed by atoms with Gasteiger partial charge < -0.3 is 9.26 Å². The molecule has 0 atom stereocenters. The largest absolute Gasteiger partial charge is 0.496 e. The summed E-state index contributed by atoms with van der Waals surface area (Å²) in [6, 6.07) is 12.4. The van der Waals surface area contributed by atoms with Crippen molar-refractivity contribution in [3.63, 3.8) is 0 Å². The summed E-state index contributed by atoms with van der Waals surface area (Å²) >= 11 is 0. The molecule has 0 radical (unpaired) electrons. The van der Waals surface area contributed by atoms with Crippen molar-refractivity contribution >= 4 is 0 Å². The molecule has 0 bridgehead atoms. The highest BCUT2D eigenvalue weighted by molar-refractivity contribution is 5.58. The van der Waals surface area contributed by atoms with Gasteiger partial charge in [-0.25, -0.2) is 0 Å². The molecule has 0 saturated carbocycles. The molecule has 0 N–H and O–H groups in total. The fraction of sp³-hybridized carbons (Fsp3) is 0.333. The molecule has 0 unspecified atom stereocenters. The summed E-state index contributed by atoms with van der Waals surface area (Å²) in [6.45, 7) is 7.59. The van der Waals surface area contributed by atoms with Crippen molar-refractivity contribution in [1.29, 1.82) is 0 Å². The first-order valence-corrected chi connectivity index (χ1v) is 8.69. The van der Waals surface area contributed by atoms with E-state index in [1.807, 2.05) is 38.2 Å². The summed E-state index contributed by atoms with van der Waals surface area (Å²) < 4.78 is 10.9. The van der Waals surface area contributed by atoms with Crippen LogP contribution in [0.2, 0.25) is 0 Å². The van der Waals surface area contributed by atoms with Gasteiger partial charge in [0.25, 0.3) is 0 Å². The summed E-state index contributed by atoms with van der Waals surface area (Å²) in [7, 11) is 3.76. The van der Waals surface area contributed by atoms with E-state index in [2.05, 4.69) is 41.0 Å². The lowest BCUT2D eigenvalue weighted by atomic mass is 10.1. The topological polar surface area (TPSA) is 51.4 Å².